The number of likely N-dealkylation sites (tertiary alicyclic amines) is 1. The highest BCUT2D eigenvalue weighted by atomic mass is 35.5. The van der Waals surface area contributed by atoms with E-state index in [2.05, 4.69) is 0 Å². The number of amides is 1. The average molecular weight is 354 g/mol. The number of rotatable bonds is 3. The van der Waals surface area contributed by atoms with Crippen molar-refractivity contribution in [1.29, 1.82) is 0 Å². The summed E-state index contributed by atoms with van der Waals surface area (Å²) >= 11 is 6.01. The fourth-order valence-electron chi connectivity index (χ4n) is 3.77. The van der Waals surface area contributed by atoms with E-state index >= 15 is 0 Å². The van der Waals surface area contributed by atoms with Crippen molar-refractivity contribution in [2.45, 2.75) is 12.8 Å². The summed E-state index contributed by atoms with van der Waals surface area (Å²) in [4.78, 5) is 26.3. The molecular formula is C17H20ClNO5. The van der Waals surface area contributed by atoms with Crippen molar-refractivity contribution in [2.75, 3.05) is 33.4 Å². The number of hydrogen-bond donors (Lipinski definition) is 1. The van der Waals surface area contributed by atoms with E-state index in [1.807, 2.05) is 0 Å². The number of halogens is 1. The van der Waals surface area contributed by atoms with E-state index in [0.29, 0.717) is 48.9 Å². The highest BCUT2D eigenvalue weighted by Crippen LogP contribution is 2.45. The van der Waals surface area contributed by atoms with Crippen LogP contribution in [0.2, 0.25) is 5.02 Å². The van der Waals surface area contributed by atoms with Gasteiger partial charge >= 0.3 is 5.97 Å². The van der Waals surface area contributed by atoms with Crippen LogP contribution in [0.1, 0.15) is 23.2 Å². The zero-order valence-electron chi connectivity index (χ0n) is 13.5. The third kappa shape index (κ3) is 2.96. The Hall–Kier alpha value is -1.79. The number of hydrogen-bond acceptors (Lipinski definition) is 4. The van der Waals surface area contributed by atoms with Crippen LogP contribution in [0.4, 0.5) is 0 Å². The summed E-state index contributed by atoms with van der Waals surface area (Å²) in [6.07, 6.45) is 1.31. The van der Waals surface area contributed by atoms with E-state index in [0.717, 1.165) is 0 Å². The standard InChI is InChI=1S/C17H20ClNO5/c1-23-14-3-2-11(18)8-12(14)15(20)19-9-13(16(21)22)17(10-19)4-6-24-7-5-17/h2-3,8,13H,4-7,9-10H2,1H3,(H,21,22). The van der Waals surface area contributed by atoms with Crippen LogP contribution in [-0.2, 0) is 9.53 Å². The van der Waals surface area contributed by atoms with Crippen LogP contribution in [0.15, 0.2) is 18.2 Å². The Kier molecular flexibility index (Phi) is 4.69. The Morgan fingerprint density at radius 1 is 1.38 bits per heavy atom. The second-order valence-corrected chi connectivity index (χ2v) is 6.83. The number of ether oxygens (including phenoxy) is 2. The van der Waals surface area contributed by atoms with Crippen molar-refractivity contribution in [2.24, 2.45) is 11.3 Å². The molecule has 0 saturated carbocycles. The molecule has 0 aromatic heterocycles. The number of benzene rings is 1. The fourth-order valence-corrected chi connectivity index (χ4v) is 3.94. The molecule has 24 heavy (non-hydrogen) atoms. The average Bonchev–Trinajstić information content (AvgIpc) is 2.94. The Bertz CT molecular complexity index is 656. The molecule has 2 aliphatic heterocycles. The minimum Gasteiger partial charge on any atom is -0.496 e. The summed E-state index contributed by atoms with van der Waals surface area (Å²) in [5.41, 5.74) is -0.0517. The molecule has 1 amide bonds. The monoisotopic (exact) mass is 353 g/mol. The van der Waals surface area contributed by atoms with Gasteiger partial charge in [0.25, 0.3) is 5.91 Å². The first-order valence-electron chi connectivity index (χ1n) is 7.90. The Labute approximate surface area is 145 Å². The quantitative estimate of drug-likeness (QED) is 0.902. The van der Waals surface area contributed by atoms with Gasteiger partial charge in [-0.2, -0.15) is 0 Å². The van der Waals surface area contributed by atoms with Crippen LogP contribution in [0, 0.1) is 11.3 Å². The van der Waals surface area contributed by atoms with E-state index in [1.165, 1.54) is 7.11 Å². The molecule has 2 heterocycles. The van der Waals surface area contributed by atoms with Gasteiger partial charge in [0.05, 0.1) is 18.6 Å². The lowest BCUT2D eigenvalue weighted by molar-refractivity contribution is -0.146. The van der Waals surface area contributed by atoms with Gasteiger partial charge in [-0.25, -0.2) is 0 Å². The van der Waals surface area contributed by atoms with E-state index in [4.69, 9.17) is 21.1 Å². The third-order valence-corrected chi connectivity index (χ3v) is 5.35. The summed E-state index contributed by atoms with van der Waals surface area (Å²) < 4.78 is 10.6. The SMILES string of the molecule is COc1ccc(Cl)cc1C(=O)N1CC(C(=O)O)C2(CCOCC2)C1. The molecule has 1 N–H and O–H groups in total. The van der Waals surface area contributed by atoms with Gasteiger partial charge in [-0.1, -0.05) is 11.6 Å². The van der Waals surface area contributed by atoms with Crippen LogP contribution in [0.5, 0.6) is 5.75 Å². The molecule has 1 aromatic rings. The van der Waals surface area contributed by atoms with E-state index < -0.39 is 17.3 Å². The highest BCUT2D eigenvalue weighted by molar-refractivity contribution is 6.31. The van der Waals surface area contributed by atoms with E-state index in [-0.39, 0.29) is 12.5 Å². The predicted molar refractivity (Wildman–Crippen MR) is 87.5 cm³/mol. The molecule has 2 saturated heterocycles. The summed E-state index contributed by atoms with van der Waals surface area (Å²) in [6.45, 7) is 1.68. The second-order valence-electron chi connectivity index (χ2n) is 6.40. The molecular weight excluding hydrogens is 334 g/mol. The van der Waals surface area contributed by atoms with Gasteiger partial charge in [0, 0.05) is 36.7 Å². The third-order valence-electron chi connectivity index (χ3n) is 5.11. The number of carboxylic acid groups (broad SMARTS) is 1. The normalized spacial score (nSPS) is 22.6. The van der Waals surface area contributed by atoms with Crippen LogP contribution >= 0.6 is 11.6 Å². The maximum Gasteiger partial charge on any atom is 0.308 e. The maximum absolute atomic E-state index is 12.9. The molecule has 0 aliphatic carbocycles. The molecule has 1 unspecified atom stereocenters. The van der Waals surface area contributed by atoms with Gasteiger partial charge in [0.2, 0.25) is 0 Å². The van der Waals surface area contributed by atoms with Gasteiger partial charge in [-0.15, -0.1) is 0 Å². The molecule has 2 aliphatic rings. The molecule has 0 radical (unpaired) electrons. The van der Waals surface area contributed by atoms with Gasteiger partial charge in [0.1, 0.15) is 5.75 Å². The molecule has 1 atom stereocenters. The van der Waals surface area contributed by atoms with Crippen molar-refractivity contribution in [3.8, 4) is 5.75 Å². The van der Waals surface area contributed by atoms with Crippen molar-refractivity contribution in [3.63, 3.8) is 0 Å². The number of aliphatic carboxylic acids is 1. The Morgan fingerprint density at radius 3 is 2.71 bits per heavy atom. The zero-order valence-corrected chi connectivity index (χ0v) is 14.2. The molecule has 1 aromatic carbocycles. The highest BCUT2D eigenvalue weighted by Gasteiger charge is 2.52. The van der Waals surface area contributed by atoms with Crippen LogP contribution in [0.25, 0.3) is 0 Å². The molecule has 1 spiro atoms. The van der Waals surface area contributed by atoms with Gasteiger partial charge < -0.3 is 19.5 Å². The number of carbonyl (C=O) groups excluding carboxylic acids is 1. The van der Waals surface area contributed by atoms with Crippen LogP contribution in [0.3, 0.4) is 0 Å². The smallest absolute Gasteiger partial charge is 0.308 e. The summed E-state index contributed by atoms with van der Waals surface area (Å²) in [5, 5.41) is 10.1. The summed E-state index contributed by atoms with van der Waals surface area (Å²) in [7, 11) is 1.49. The van der Waals surface area contributed by atoms with E-state index in [1.54, 1.807) is 23.1 Å². The lowest BCUT2D eigenvalue weighted by Crippen LogP contribution is -2.40. The molecule has 3 rings (SSSR count). The largest absolute Gasteiger partial charge is 0.496 e. The van der Waals surface area contributed by atoms with Crippen molar-refractivity contribution in [1.82, 2.24) is 4.90 Å². The number of methoxy groups -OCH3 is 1. The lowest BCUT2D eigenvalue weighted by Gasteiger charge is -2.36. The fraction of sp³-hybridized carbons (Fsp3) is 0.529. The van der Waals surface area contributed by atoms with Gasteiger partial charge in [-0.3, -0.25) is 9.59 Å². The van der Waals surface area contributed by atoms with Gasteiger partial charge in [-0.05, 0) is 31.0 Å². The lowest BCUT2D eigenvalue weighted by atomic mass is 9.72. The Morgan fingerprint density at radius 2 is 2.08 bits per heavy atom. The topological polar surface area (TPSA) is 76.1 Å². The first kappa shape index (κ1) is 17.0. The predicted octanol–water partition coefficient (Wildman–Crippen LogP) is 2.30. The first-order valence-corrected chi connectivity index (χ1v) is 8.28. The van der Waals surface area contributed by atoms with Gasteiger partial charge in [0.15, 0.2) is 0 Å². The number of carboxylic acids is 1. The molecule has 6 nitrogen and oxygen atoms in total. The first-order chi connectivity index (χ1) is 11.5. The molecule has 2 fully saturated rings. The Balaban J connectivity index is 1.89. The minimum absolute atomic E-state index is 0.198. The minimum atomic E-state index is -0.856. The van der Waals surface area contributed by atoms with Crippen molar-refractivity contribution >= 4 is 23.5 Å². The number of carbonyl (C=O) groups is 2. The zero-order chi connectivity index (χ0) is 17.3. The van der Waals surface area contributed by atoms with Crippen molar-refractivity contribution < 1.29 is 24.2 Å². The molecule has 130 valence electrons. The second kappa shape index (κ2) is 6.61. The maximum atomic E-state index is 12.9. The molecule has 7 heteroatoms. The summed E-state index contributed by atoms with van der Waals surface area (Å²) in [6, 6.07) is 4.86. The summed E-state index contributed by atoms with van der Waals surface area (Å²) in [5.74, 6) is -1.24. The van der Waals surface area contributed by atoms with Crippen molar-refractivity contribution in [3.05, 3.63) is 28.8 Å². The number of nitrogens with zero attached hydrogens (tertiary/aromatic N) is 1. The van der Waals surface area contributed by atoms with Crippen LogP contribution < -0.4 is 4.74 Å². The van der Waals surface area contributed by atoms with Crippen LogP contribution in [-0.4, -0.2) is 55.3 Å². The molecule has 0 bridgehead atoms. The van der Waals surface area contributed by atoms with E-state index in [9.17, 15) is 14.7 Å².